The number of ether oxygens (including phenoxy) is 2. The second-order valence-corrected chi connectivity index (χ2v) is 6.61. The third-order valence-electron chi connectivity index (χ3n) is 3.64. The Morgan fingerprint density at radius 1 is 1.00 bits per heavy atom. The van der Waals surface area contributed by atoms with Crippen molar-refractivity contribution in [2.75, 3.05) is 6.61 Å². The number of alkyl carbamates (subject to hydrolysis) is 1. The molecule has 0 radical (unpaired) electrons. The van der Waals surface area contributed by atoms with Gasteiger partial charge in [-0.25, -0.2) is 9.59 Å². The third-order valence-corrected chi connectivity index (χ3v) is 4.17. The molecule has 0 fully saturated rings. The van der Waals surface area contributed by atoms with Gasteiger partial charge in [-0.1, -0.05) is 64.5 Å². The van der Waals surface area contributed by atoms with Crippen LogP contribution in [0.15, 0.2) is 70.8 Å². The largest absolute Gasteiger partial charge is 0.461 e. The van der Waals surface area contributed by atoms with Crippen molar-refractivity contribution in [2.45, 2.75) is 26.4 Å². The zero-order valence-electron chi connectivity index (χ0n) is 15.1. The van der Waals surface area contributed by atoms with Crippen LogP contribution in [0.2, 0.25) is 0 Å². The highest BCUT2D eigenvalue weighted by molar-refractivity contribution is 9.10. The van der Waals surface area contributed by atoms with E-state index in [0.29, 0.717) is 6.42 Å². The summed E-state index contributed by atoms with van der Waals surface area (Å²) >= 11 is 3.40. The normalized spacial score (nSPS) is 11.0. The van der Waals surface area contributed by atoms with Crippen LogP contribution in [0.4, 0.5) is 4.79 Å². The van der Waals surface area contributed by atoms with Gasteiger partial charge in [-0.3, -0.25) is 5.32 Å². The first kappa shape index (κ1) is 20.7. The standard InChI is InChI=1S/C21H22BrNO4/c1-2-26-20(24)19(10-6-9-16-11-13-18(22)14-12-16)23-21(25)27-15-17-7-4-3-5-8-17/h3-5,7-8,10-14H,2,6,9,15H2,1H3,(H,23,25)/b19-10-. The first-order valence-electron chi connectivity index (χ1n) is 8.68. The topological polar surface area (TPSA) is 64.6 Å². The summed E-state index contributed by atoms with van der Waals surface area (Å²) < 4.78 is 11.2. The van der Waals surface area contributed by atoms with Crippen molar-refractivity contribution < 1.29 is 19.1 Å². The molecule has 0 aliphatic rings. The highest BCUT2D eigenvalue weighted by atomic mass is 79.9. The summed E-state index contributed by atoms with van der Waals surface area (Å²) in [5, 5.41) is 2.49. The van der Waals surface area contributed by atoms with Crippen LogP contribution in [0.3, 0.4) is 0 Å². The van der Waals surface area contributed by atoms with E-state index < -0.39 is 12.1 Å². The molecule has 0 bridgehead atoms. The van der Waals surface area contributed by atoms with E-state index in [2.05, 4.69) is 21.2 Å². The fraction of sp³-hybridized carbons (Fsp3) is 0.238. The molecule has 5 nitrogen and oxygen atoms in total. The molecule has 0 atom stereocenters. The Balaban J connectivity index is 1.92. The van der Waals surface area contributed by atoms with Crippen LogP contribution >= 0.6 is 15.9 Å². The molecular weight excluding hydrogens is 410 g/mol. The van der Waals surface area contributed by atoms with Gasteiger partial charge in [0.2, 0.25) is 0 Å². The number of halogens is 1. The molecule has 0 saturated heterocycles. The Bertz CT molecular complexity index is 773. The number of amides is 1. The Labute approximate surface area is 167 Å². The number of nitrogens with one attached hydrogen (secondary N) is 1. The van der Waals surface area contributed by atoms with Gasteiger partial charge < -0.3 is 9.47 Å². The average Bonchev–Trinajstić information content (AvgIpc) is 2.68. The second kappa shape index (κ2) is 11.2. The van der Waals surface area contributed by atoms with E-state index in [1.807, 2.05) is 54.6 Å². The molecule has 142 valence electrons. The highest BCUT2D eigenvalue weighted by Crippen LogP contribution is 2.12. The highest BCUT2D eigenvalue weighted by Gasteiger charge is 2.14. The number of esters is 1. The maximum Gasteiger partial charge on any atom is 0.412 e. The Morgan fingerprint density at radius 3 is 2.37 bits per heavy atom. The monoisotopic (exact) mass is 431 g/mol. The molecule has 1 amide bonds. The van der Waals surface area contributed by atoms with Gasteiger partial charge in [-0.15, -0.1) is 0 Å². The number of carbonyl (C=O) groups excluding carboxylic acids is 2. The molecule has 0 unspecified atom stereocenters. The van der Waals surface area contributed by atoms with Crippen molar-refractivity contribution >= 4 is 28.0 Å². The molecule has 6 heteroatoms. The fourth-order valence-corrected chi connectivity index (χ4v) is 2.56. The van der Waals surface area contributed by atoms with Crippen LogP contribution in [0, 0.1) is 0 Å². The smallest absolute Gasteiger partial charge is 0.412 e. The molecule has 2 aromatic rings. The number of aryl methyl sites for hydroxylation is 1. The zero-order valence-corrected chi connectivity index (χ0v) is 16.7. The number of allylic oxidation sites excluding steroid dienone is 1. The number of carbonyl (C=O) groups is 2. The summed E-state index contributed by atoms with van der Waals surface area (Å²) in [5.41, 5.74) is 2.08. The van der Waals surface area contributed by atoms with E-state index in [1.54, 1.807) is 13.0 Å². The molecule has 2 aromatic carbocycles. The predicted molar refractivity (Wildman–Crippen MR) is 107 cm³/mol. The van der Waals surface area contributed by atoms with Gasteiger partial charge in [0.05, 0.1) is 6.61 Å². The van der Waals surface area contributed by atoms with Crippen molar-refractivity contribution in [3.63, 3.8) is 0 Å². The van der Waals surface area contributed by atoms with E-state index in [-0.39, 0.29) is 18.9 Å². The van der Waals surface area contributed by atoms with Crippen molar-refractivity contribution in [3.05, 3.63) is 82.0 Å². The van der Waals surface area contributed by atoms with Gasteiger partial charge in [0.1, 0.15) is 12.3 Å². The summed E-state index contributed by atoms with van der Waals surface area (Å²) in [6, 6.07) is 17.3. The Hall–Kier alpha value is -2.60. The maximum absolute atomic E-state index is 12.1. The lowest BCUT2D eigenvalue weighted by molar-refractivity contribution is -0.138. The van der Waals surface area contributed by atoms with Gasteiger partial charge in [-0.2, -0.15) is 0 Å². The van der Waals surface area contributed by atoms with E-state index in [1.165, 1.54) is 0 Å². The van der Waals surface area contributed by atoms with Gasteiger partial charge in [-0.05, 0) is 43.0 Å². The molecular formula is C21H22BrNO4. The minimum absolute atomic E-state index is 0.0898. The molecule has 27 heavy (non-hydrogen) atoms. The number of benzene rings is 2. The van der Waals surface area contributed by atoms with Crippen LogP contribution in [-0.2, 0) is 27.3 Å². The van der Waals surface area contributed by atoms with Crippen LogP contribution in [0.25, 0.3) is 0 Å². The minimum atomic E-state index is -0.693. The van der Waals surface area contributed by atoms with Gasteiger partial charge >= 0.3 is 12.1 Å². The zero-order chi connectivity index (χ0) is 19.5. The van der Waals surface area contributed by atoms with Crippen molar-refractivity contribution in [1.82, 2.24) is 5.32 Å². The Morgan fingerprint density at radius 2 is 1.70 bits per heavy atom. The first-order valence-corrected chi connectivity index (χ1v) is 9.47. The van der Waals surface area contributed by atoms with E-state index in [4.69, 9.17) is 9.47 Å². The average molecular weight is 432 g/mol. The minimum Gasteiger partial charge on any atom is -0.461 e. The van der Waals surface area contributed by atoms with Crippen molar-refractivity contribution in [3.8, 4) is 0 Å². The third kappa shape index (κ3) is 7.66. The summed E-state index contributed by atoms with van der Waals surface area (Å²) in [6.07, 6.45) is 2.27. The van der Waals surface area contributed by atoms with Crippen molar-refractivity contribution in [1.29, 1.82) is 0 Å². The van der Waals surface area contributed by atoms with Gasteiger partial charge in [0.15, 0.2) is 0 Å². The van der Waals surface area contributed by atoms with Gasteiger partial charge in [0, 0.05) is 4.47 Å². The van der Waals surface area contributed by atoms with Crippen molar-refractivity contribution in [2.24, 2.45) is 0 Å². The molecule has 0 spiro atoms. The molecule has 0 aliphatic carbocycles. The predicted octanol–water partition coefficient (Wildman–Crippen LogP) is 4.76. The van der Waals surface area contributed by atoms with Crippen LogP contribution < -0.4 is 5.32 Å². The number of rotatable bonds is 8. The summed E-state index contributed by atoms with van der Waals surface area (Å²) in [4.78, 5) is 24.1. The quantitative estimate of drug-likeness (QED) is 0.483. The van der Waals surface area contributed by atoms with Crippen LogP contribution in [0.1, 0.15) is 24.5 Å². The molecule has 0 saturated carbocycles. The van der Waals surface area contributed by atoms with Gasteiger partial charge in [0.25, 0.3) is 0 Å². The summed E-state index contributed by atoms with van der Waals surface area (Å²) in [5.74, 6) is -0.579. The lowest BCUT2D eigenvalue weighted by atomic mass is 10.1. The second-order valence-electron chi connectivity index (χ2n) is 5.69. The van der Waals surface area contributed by atoms with Crippen LogP contribution in [-0.4, -0.2) is 18.7 Å². The molecule has 2 rings (SSSR count). The molecule has 1 N–H and O–H groups in total. The van der Waals surface area contributed by atoms with E-state index in [9.17, 15) is 9.59 Å². The Kier molecular flexibility index (Phi) is 8.58. The first-order chi connectivity index (χ1) is 13.1. The molecule has 0 aliphatic heterocycles. The summed E-state index contributed by atoms with van der Waals surface area (Å²) in [7, 11) is 0. The fourth-order valence-electron chi connectivity index (χ4n) is 2.30. The van der Waals surface area contributed by atoms with Crippen LogP contribution in [0.5, 0.6) is 0 Å². The number of hydrogen-bond acceptors (Lipinski definition) is 4. The molecule has 0 heterocycles. The van der Waals surface area contributed by atoms with E-state index >= 15 is 0 Å². The SMILES string of the molecule is CCOC(=O)/C(=C/CCc1ccc(Br)cc1)NC(=O)OCc1ccccc1. The maximum atomic E-state index is 12.1. The number of hydrogen-bond donors (Lipinski definition) is 1. The molecule has 0 aromatic heterocycles. The lowest BCUT2D eigenvalue weighted by Gasteiger charge is -2.10. The van der Waals surface area contributed by atoms with E-state index in [0.717, 1.165) is 22.0 Å². The summed E-state index contributed by atoms with van der Waals surface area (Å²) in [6.45, 7) is 2.07. The lowest BCUT2D eigenvalue weighted by Crippen LogP contribution is -2.29.